The van der Waals surface area contributed by atoms with Crippen molar-refractivity contribution in [3.63, 3.8) is 0 Å². The largest absolute Gasteiger partial charge is 0.382 e. The van der Waals surface area contributed by atoms with Crippen molar-refractivity contribution < 1.29 is 4.39 Å². The molecule has 2 rings (SSSR count). The van der Waals surface area contributed by atoms with Gasteiger partial charge in [-0.1, -0.05) is 26.7 Å². The summed E-state index contributed by atoms with van der Waals surface area (Å²) < 4.78 is 14.2. The Morgan fingerprint density at radius 1 is 1.26 bits per heavy atom. The fraction of sp³-hybridized carbons (Fsp3) is 0.625. The molecule has 19 heavy (non-hydrogen) atoms. The lowest BCUT2D eigenvalue weighted by atomic mass is 9.77. The summed E-state index contributed by atoms with van der Waals surface area (Å²) in [7, 11) is 0. The maximum absolute atomic E-state index is 13.7. The quantitative estimate of drug-likeness (QED) is 0.770. The Balaban J connectivity index is 2.17. The monoisotopic (exact) mass is 327 g/mol. The van der Waals surface area contributed by atoms with Crippen molar-refractivity contribution >= 4 is 21.6 Å². The number of anilines is 1. The van der Waals surface area contributed by atoms with Crippen molar-refractivity contribution in [1.82, 2.24) is 0 Å². The molecule has 2 unspecified atom stereocenters. The van der Waals surface area contributed by atoms with Crippen LogP contribution in [0, 0.1) is 24.6 Å². The third-order valence-corrected chi connectivity index (χ3v) is 4.89. The minimum Gasteiger partial charge on any atom is -0.382 e. The van der Waals surface area contributed by atoms with E-state index in [1.54, 1.807) is 6.07 Å². The Hall–Kier alpha value is -0.570. The molecule has 1 aliphatic rings. The average Bonchev–Trinajstić information content (AvgIpc) is 2.36. The molecule has 0 saturated heterocycles. The second kappa shape index (κ2) is 6.25. The molecule has 1 aromatic rings. The van der Waals surface area contributed by atoms with Crippen LogP contribution in [0.4, 0.5) is 10.1 Å². The molecule has 0 radical (unpaired) electrons. The molecule has 1 aromatic carbocycles. The number of nitrogens with one attached hydrogen (secondary N) is 1. The molecular weight excluding hydrogens is 305 g/mol. The predicted octanol–water partition coefficient (Wildman–Crippen LogP) is 5.52. The highest BCUT2D eigenvalue weighted by Gasteiger charge is 2.27. The van der Waals surface area contributed by atoms with Crippen LogP contribution in [0.25, 0.3) is 0 Å². The van der Waals surface area contributed by atoms with E-state index in [2.05, 4.69) is 35.1 Å². The van der Waals surface area contributed by atoms with Gasteiger partial charge in [0.1, 0.15) is 5.82 Å². The first-order valence-corrected chi connectivity index (χ1v) is 8.00. The first-order chi connectivity index (χ1) is 8.99. The van der Waals surface area contributed by atoms with E-state index in [0.29, 0.717) is 22.4 Å². The fourth-order valence-electron chi connectivity index (χ4n) is 3.14. The summed E-state index contributed by atoms with van der Waals surface area (Å²) in [6, 6.07) is 3.95. The zero-order chi connectivity index (χ0) is 14.0. The van der Waals surface area contributed by atoms with Crippen LogP contribution in [-0.2, 0) is 0 Å². The molecule has 1 saturated carbocycles. The van der Waals surface area contributed by atoms with E-state index < -0.39 is 0 Å². The summed E-state index contributed by atoms with van der Waals surface area (Å²) in [6.07, 6.45) is 5.08. The summed E-state index contributed by atoms with van der Waals surface area (Å²) >= 11 is 3.24. The molecular formula is C16H23BrFN. The average molecular weight is 328 g/mol. The smallest absolute Gasteiger partial charge is 0.139 e. The van der Waals surface area contributed by atoms with Crippen molar-refractivity contribution in [2.75, 3.05) is 5.32 Å². The van der Waals surface area contributed by atoms with Gasteiger partial charge < -0.3 is 5.32 Å². The van der Waals surface area contributed by atoms with Crippen LogP contribution < -0.4 is 5.32 Å². The molecule has 0 aliphatic heterocycles. The third-order valence-electron chi connectivity index (χ3n) is 4.28. The van der Waals surface area contributed by atoms with Gasteiger partial charge in [-0.15, -0.1) is 0 Å². The fourth-order valence-corrected chi connectivity index (χ4v) is 3.60. The first-order valence-electron chi connectivity index (χ1n) is 7.21. The van der Waals surface area contributed by atoms with E-state index in [4.69, 9.17) is 0 Å². The molecule has 0 aromatic heterocycles. The molecule has 1 nitrogen and oxygen atoms in total. The summed E-state index contributed by atoms with van der Waals surface area (Å²) in [5.74, 6) is 1.18. The zero-order valence-corrected chi connectivity index (χ0v) is 13.6. The van der Waals surface area contributed by atoms with Crippen molar-refractivity contribution in [1.29, 1.82) is 0 Å². The van der Waals surface area contributed by atoms with Gasteiger partial charge in [0.15, 0.2) is 0 Å². The van der Waals surface area contributed by atoms with Crippen molar-refractivity contribution in [2.45, 2.75) is 52.5 Å². The van der Waals surface area contributed by atoms with Crippen LogP contribution in [0.1, 0.15) is 45.1 Å². The van der Waals surface area contributed by atoms with E-state index in [1.165, 1.54) is 25.7 Å². The van der Waals surface area contributed by atoms with E-state index in [1.807, 2.05) is 13.0 Å². The number of halogens is 2. The Labute approximate surface area is 124 Å². The molecule has 106 valence electrons. The Morgan fingerprint density at radius 3 is 2.63 bits per heavy atom. The van der Waals surface area contributed by atoms with Crippen LogP contribution in [-0.4, -0.2) is 6.04 Å². The molecule has 2 atom stereocenters. The lowest BCUT2D eigenvalue weighted by molar-refractivity contribution is 0.253. The van der Waals surface area contributed by atoms with Crippen molar-refractivity contribution in [2.24, 2.45) is 11.8 Å². The Bertz CT molecular complexity index is 445. The molecule has 1 aliphatic carbocycles. The molecule has 1 fully saturated rings. The van der Waals surface area contributed by atoms with E-state index in [0.717, 1.165) is 11.3 Å². The molecule has 0 spiro atoms. The highest BCUT2D eigenvalue weighted by Crippen LogP contribution is 2.33. The van der Waals surface area contributed by atoms with E-state index in [-0.39, 0.29) is 5.82 Å². The predicted molar refractivity (Wildman–Crippen MR) is 83.0 cm³/mol. The maximum atomic E-state index is 13.7. The third kappa shape index (κ3) is 3.50. The van der Waals surface area contributed by atoms with E-state index >= 15 is 0 Å². The lowest BCUT2D eigenvalue weighted by Crippen LogP contribution is -2.35. The van der Waals surface area contributed by atoms with Crippen LogP contribution in [0.15, 0.2) is 16.6 Å². The first kappa shape index (κ1) is 14.8. The van der Waals surface area contributed by atoms with Crippen LogP contribution in [0.3, 0.4) is 0 Å². The number of hydrogen-bond acceptors (Lipinski definition) is 1. The standard InChI is InChI=1S/C16H23BrFN/c1-10(2)12-6-4-5-7-15(12)19-16-9-14(18)13(17)8-11(16)3/h8-10,12,15,19H,4-7H2,1-3H3. The van der Waals surface area contributed by atoms with Crippen molar-refractivity contribution in [3.05, 3.63) is 28.0 Å². The van der Waals surface area contributed by atoms with Gasteiger partial charge in [-0.05, 0) is 65.2 Å². The molecule has 1 N–H and O–H groups in total. The number of rotatable bonds is 3. The van der Waals surface area contributed by atoms with Crippen molar-refractivity contribution in [3.8, 4) is 0 Å². The molecule has 0 amide bonds. The number of hydrogen-bond donors (Lipinski definition) is 1. The number of benzene rings is 1. The molecule has 3 heteroatoms. The Kier molecular flexibility index (Phi) is 4.88. The Morgan fingerprint density at radius 2 is 1.95 bits per heavy atom. The summed E-state index contributed by atoms with van der Waals surface area (Å²) in [5, 5.41) is 3.59. The zero-order valence-electron chi connectivity index (χ0n) is 12.0. The SMILES string of the molecule is Cc1cc(Br)c(F)cc1NC1CCCCC1C(C)C. The van der Waals surface area contributed by atoms with Gasteiger partial charge in [0.25, 0.3) is 0 Å². The minimum atomic E-state index is -0.190. The second-order valence-electron chi connectivity index (χ2n) is 6.02. The van der Waals surface area contributed by atoms with Gasteiger partial charge in [-0.2, -0.15) is 0 Å². The summed E-state index contributed by atoms with van der Waals surface area (Å²) in [5.41, 5.74) is 2.04. The van der Waals surface area contributed by atoms with Crippen LogP contribution >= 0.6 is 15.9 Å². The topological polar surface area (TPSA) is 12.0 Å². The lowest BCUT2D eigenvalue weighted by Gasteiger charge is -2.36. The summed E-state index contributed by atoms with van der Waals surface area (Å²) in [6.45, 7) is 6.61. The van der Waals surface area contributed by atoms with E-state index in [9.17, 15) is 4.39 Å². The second-order valence-corrected chi connectivity index (χ2v) is 6.88. The minimum absolute atomic E-state index is 0.190. The van der Waals surface area contributed by atoms with Gasteiger partial charge >= 0.3 is 0 Å². The van der Waals surface area contributed by atoms with Gasteiger partial charge in [0, 0.05) is 11.7 Å². The van der Waals surface area contributed by atoms with Gasteiger partial charge in [-0.3, -0.25) is 0 Å². The maximum Gasteiger partial charge on any atom is 0.139 e. The normalized spacial score (nSPS) is 23.7. The highest BCUT2D eigenvalue weighted by molar-refractivity contribution is 9.10. The van der Waals surface area contributed by atoms with Gasteiger partial charge in [-0.25, -0.2) is 4.39 Å². The van der Waals surface area contributed by atoms with Gasteiger partial charge in [0.05, 0.1) is 4.47 Å². The molecule has 0 bridgehead atoms. The number of aryl methyl sites for hydroxylation is 1. The van der Waals surface area contributed by atoms with Gasteiger partial charge in [0.2, 0.25) is 0 Å². The summed E-state index contributed by atoms with van der Waals surface area (Å²) in [4.78, 5) is 0. The van der Waals surface area contributed by atoms with Crippen LogP contribution in [0.2, 0.25) is 0 Å². The van der Waals surface area contributed by atoms with Crippen LogP contribution in [0.5, 0.6) is 0 Å². The molecule has 0 heterocycles. The highest BCUT2D eigenvalue weighted by atomic mass is 79.9.